The molecule has 1 nitrogen and oxygen atoms in total. The standard InChI is InChI=1S/C19H22OSi/c1-2-3-16-21(17-10-15-20,18-11-6-4-7-12-18)19-13-8-5-9-14-19/h2,4-14,17,20H,1,3,15-16H2/b17-10+. The smallest absolute Gasteiger partial charge is 0.141 e. The maximum Gasteiger partial charge on any atom is 0.141 e. The molecule has 0 amide bonds. The molecule has 0 aliphatic heterocycles. The Labute approximate surface area is 128 Å². The highest BCUT2D eigenvalue weighted by Gasteiger charge is 2.33. The van der Waals surface area contributed by atoms with Gasteiger partial charge in [-0.1, -0.05) is 78.5 Å². The third kappa shape index (κ3) is 3.60. The first-order chi connectivity index (χ1) is 10.3. The average Bonchev–Trinajstić information content (AvgIpc) is 2.57. The van der Waals surface area contributed by atoms with E-state index in [0.29, 0.717) is 0 Å². The van der Waals surface area contributed by atoms with Crippen LogP contribution in [-0.4, -0.2) is 19.8 Å². The summed E-state index contributed by atoms with van der Waals surface area (Å²) >= 11 is 0. The van der Waals surface area contributed by atoms with E-state index in [1.165, 1.54) is 10.4 Å². The SMILES string of the molecule is C=CCC[Si](/C=C/CO)(c1ccccc1)c1ccccc1. The third-order valence-electron chi connectivity index (χ3n) is 3.83. The van der Waals surface area contributed by atoms with Gasteiger partial charge in [0.1, 0.15) is 8.07 Å². The number of aliphatic hydroxyl groups excluding tert-OH is 1. The summed E-state index contributed by atoms with van der Waals surface area (Å²) in [4.78, 5) is 0. The van der Waals surface area contributed by atoms with Gasteiger partial charge in [-0.05, 0) is 22.8 Å². The van der Waals surface area contributed by atoms with Gasteiger partial charge in [0.25, 0.3) is 0 Å². The summed E-state index contributed by atoms with van der Waals surface area (Å²) in [7, 11) is -2.00. The van der Waals surface area contributed by atoms with Crippen molar-refractivity contribution in [3.63, 3.8) is 0 Å². The van der Waals surface area contributed by atoms with E-state index in [9.17, 15) is 5.11 Å². The maximum absolute atomic E-state index is 9.26. The lowest BCUT2D eigenvalue weighted by Crippen LogP contribution is -2.56. The minimum absolute atomic E-state index is 0.0858. The van der Waals surface area contributed by atoms with Crippen molar-refractivity contribution in [2.24, 2.45) is 0 Å². The first-order valence-corrected chi connectivity index (χ1v) is 9.62. The number of allylic oxidation sites excluding steroid dienone is 1. The van der Waals surface area contributed by atoms with Crippen molar-refractivity contribution in [2.75, 3.05) is 6.61 Å². The number of hydrogen-bond acceptors (Lipinski definition) is 1. The first-order valence-electron chi connectivity index (χ1n) is 7.34. The highest BCUT2D eigenvalue weighted by atomic mass is 28.3. The van der Waals surface area contributed by atoms with E-state index < -0.39 is 8.07 Å². The lowest BCUT2D eigenvalue weighted by molar-refractivity contribution is 0.343. The van der Waals surface area contributed by atoms with Crippen LogP contribution in [0.5, 0.6) is 0 Å². The minimum atomic E-state index is -2.00. The third-order valence-corrected chi connectivity index (χ3v) is 8.44. The Morgan fingerprint density at radius 2 is 1.43 bits per heavy atom. The molecule has 108 valence electrons. The van der Waals surface area contributed by atoms with Gasteiger partial charge in [-0.25, -0.2) is 0 Å². The summed E-state index contributed by atoms with van der Waals surface area (Å²) in [6.07, 6.45) is 4.86. The van der Waals surface area contributed by atoms with Crippen LogP contribution in [0.1, 0.15) is 6.42 Å². The van der Waals surface area contributed by atoms with Crippen LogP contribution in [0.3, 0.4) is 0 Å². The summed E-state index contributed by atoms with van der Waals surface area (Å²) in [6, 6.07) is 22.4. The van der Waals surface area contributed by atoms with Gasteiger partial charge in [-0.2, -0.15) is 0 Å². The molecule has 1 N–H and O–H groups in total. The van der Waals surface area contributed by atoms with Crippen molar-refractivity contribution in [3.05, 3.63) is 85.1 Å². The highest BCUT2D eigenvalue weighted by Crippen LogP contribution is 2.16. The molecule has 0 saturated carbocycles. The summed E-state index contributed by atoms with van der Waals surface area (Å²) < 4.78 is 0. The Balaban J connectivity index is 2.58. The van der Waals surface area contributed by atoms with Crippen molar-refractivity contribution in [1.82, 2.24) is 0 Å². The van der Waals surface area contributed by atoms with E-state index in [1.807, 2.05) is 12.2 Å². The molecule has 0 aliphatic carbocycles. The van der Waals surface area contributed by atoms with Crippen LogP contribution < -0.4 is 10.4 Å². The first kappa shape index (κ1) is 15.5. The second kappa shape index (κ2) is 7.77. The maximum atomic E-state index is 9.26. The van der Waals surface area contributed by atoms with Crippen LogP contribution in [-0.2, 0) is 0 Å². The van der Waals surface area contributed by atoms with Crippen LogP contribution >= 0.6 is 0 Å². The zero-order valence-electron chi connectivity index (χ0n) is 12.3. The number of benzene rings is 2. The largest absolute Gasteiger partial charge is 0.392 e. The number of hydrogen-bond donors (Lipinski definition) is 1. The van der Waals surface area contributed by atoms with Gasteiger partial charge >= 0.3 is 0 Å². The molecule has 2 rings (SSSR count). The fourth-order valence-electron chi connectivity index (χ4n) is 2.79. The monoisotopic (exact) mass is 294 g/mol. The minimum Gasteiger partial charge on any atom is -0.392 e. The molecule has 0 radical (unpaired) electrons. The second-order valence-electron chi connectivity index (χ2n) is 5.12. The molecule has 21 heavy (non-hydrogen) atoms. The van der Waals surface area contributed by atoms with Gasteiger partial charge in [0.05, 0.1) is 6.61 Å². The molecular weight excluding hydrogens is 272 g/mol. The van der Waals surface area contributed by atoms with Crippen molar-refractivity contribution in [1.29, 1.82) is 0 Å². The van der Waals surface area contributed by atoms with Gasteiger partial charge in [0, 0.05) is 0 Å². The van der Waals surface area contributed by atoms with Crippen molar-refractivity contribution in [3.8, 4) is 0 Å². The average molecular weight is 294 g/mol. The van der Waals surface area contributed by atoms with Crippen LogP contribution in [0, 0.1) is 0 Å². The molecule has 0 aromatic heterocycles. The summed E-state index contributed by atoms with van der Waals surface area (Å²) in [5, 5.41) is 12.0. The predicted molar refractivity (Wildman–Crippen MR) is 93.8 cm³/mol. The van der Waals surface area contributed by atoms with E-state index in [-0.39, 0.29) is 6.61 Å². The zero-order chi connectivity index (χ0) is 15.0. The summed E-state index contributed by atoms with van der Waals surface area (Å²) in [6.45, 7) is 3.97. The molecule has 0 heterocycles. The molecular formula is C19H22OSi. The van der Waals surface area contributed by atoms with Crippen LogP contribution in [0.25, 0.3) is 0 Å². The molecule has 0 aliphatic rings. The lowest BCUT2D eigenvalue weighted by atomic mass is 10.4. The molecule has 0 saturated heterocycles. The fraction of sp³-hybridized carbons (Fsp3) is 0.158. The molecule has 0 bridgehead atoms. The van der Waals surface area contributed by atoms with Crippen LogP contribution in [0.4, 0.5) is 0 Å². The molecule has 0 spiro atoms. The fourth-order valence-corrected chi connectivity index (χ4v) is 6.99. The van der Waals surface area contributed by atoms with Gasteiger partial charge in [-0.15, -0.1) is 6.58 Å². The quantitative estimate of drug-likeness (QED) is 0.615. The predicted octanol–water partition coefficient (Wildman–Crippen LogP) is 2.91. The highest BCUT2D eigenvalue weighted by molar-refractivity contribution is 7.05. The van der Waals surface area contributed by atoms with E-state index in [1.54, 1.807) is 0 Å². The van der Waals surface area contributed by atoms with Gasteiger partial charge in [-0.3, -0.25) is 0 Å². The van der Waals surface area contributed by atoms with Crippen molar-refractivity contribution < 1.29 is 5.11 Å². The van der Waals surface area contributed by atoms with E-state index in [4.69, 9.17) is 0 Å². The van der Waals surface area contributed by atoms with Gasteiger partial charge < -0.3 is 5.11 Å². The Kier molecular flexibility index (Phi) is 5.73. The van der Waals surface area contributed by atoms with E-state index in [0.717, 1.165) is 12.5 Å². The molecule has 2 aromatic carbocycles. The summed E-state index contributed by atoms with van der Waals surface area (Å²) in [5.41, 5.74) is 2.27. The molecule has 2 heteroatoms. The molecule has 0 unspecified atom stereocenters. The van der Waals surface area contributed by atoms with Gasteiger partial charge in [0.15, 0.2) is 0 Å². The molecule has 0 fully saturated rings. The van der Waals surface area contributed by atoms with Crippen LogP contribution in [0.15, 0.2) is 85.1 Å². The normalized spacial score (nSPS) is 11.7. The number of aliphatic hydroxyl groups is 1. The van der Waals surface area contributed by atoms with E-state index in [2.05, 4.69) is 72.9 Å². The zero-order valence-corrected chi connectivity index (χ0v) is 13.3. The van der Waals surface area contributed by atoms with Crippen molar-refractivity contribution >= 4 is 18.4 Å². The topological polar surface area (TPSA) is 20.2 Å². The van der Waals surface area contributed by atoms with Gasteiger partial charge in [0.2, 0.25) is 0 Å². The Hall–Kier alpha value is -1.90. The Morgan fingerprint density at radius 1 is 0.905 bits per heavy atom. The molecule has 0 atom stereocenters. The summed E-state index contributed by atoms with van der Waals surface area (Å²) in [5.74, 6) is 0. The van der Waals surface area contributed by atoms with Crippen LogP contribution in [0.2, 0.25) is 6.04 Å². The van der Waals surface area contributed by atoms with E-state index >= 15 is 0 Å². The Morgan fingerprint density at radius 3 is 1.86 bits per heavy atom. The lowest BCUT2D eigenvalue weighted by Gasteiger charge is -2.29. The van der Waals surface area contributed by atoms with Crippen molar-refractivity contribution in [2.45, 2.75) is 12.5 Å². The second-order valence-corrected chi connectivity index (χ2v) is 9.05. The Bertz CT molecular complexity index is 536. The number of rotatable bonds is 7. The molecule has 2 aromatic rings.